The minimum absolute atomic E-state index is 0.0111. The molecule has 5 heteroatoms. The third kappa shape index (κ3) is 5.87. The number of hydrogen-bond acceptors (Lipinski definition) is 2. The lowest BCUT2D eigenvalue weighted by Crippen LogP contribution is -2.31. The van der Waals surface area contributed by atoms with Gasteiger partial charge in [0, 0.05) is 18.1 Å². The van der Waals surface area contributed by atoms with Crippen LogP contribution >= 0.6 is 11.6 Å². The lowest BCUT2D eigenvalue weighted by Gasteiger charge is -2.07. The second-order valence-electron chi connectivity index (χ2n) is 6.59. The van der Waals surface area contributed by atoms with Crippen LogP contribution in [0.3, 0.4) is 0 Å². The van der Waals surface area contributed by atoms with Crippen molar-refractivity contribution in [2.24, 2.45) is 17.8 Å². The summed E-state index contributed by atoms with van der Waals surface area (Å²) >= 11 is 5.84. The molecular weight excluding hydrogens is 312 g/mol. The number of hydrogen-bond donors (Lipinski definition) is 2. The second-order valence-corrected chi connectivity index (χ2v) is 7.03. The van der Waals surface area contributed by atoms with Crippen LogP contribution in [0.2, 0.25) is 5.02 Å². The molecule has 0 aromatic heterocycles. The van der Waals surface area contributed by atoms with Crippen molar-refractivity contribution in [3.8, 4) is 0 Å². The molecule has 0 aliphatic heterocycles. The van der Waals surface area contributed by atoms with Crippen molar-refractivity contribution in [1.82, 2.24) is 10.6 Å². The molecule has 0 bridgehead atoms. The molecule has 1 fully saturated rings. The predicted octanol–water partition coefficient (Wildman–Crippen LogP) is 2.80. The normalized spacial score (nSPS) is 19.5. The fourth-order valence-corrected chi connectivity index (χ4v) is 2.63. The maximum atomic E-state index is 12.0. The summed E-state index contributed by atoms with van der Waals surface area (Å²) in [5.74, 6) is 0.282. The monoisotopic (exact) mass is 336 g/mol. The molecule has 0 spiro atoms. The van der Waals surface area contributed by atoms with Gasteiger partial charge in [0.05, 0.1) is 11.8 Å². The highest BCUT2D eigenvalue weighted by Gasteiger charge is 2.47. The van der Waals surface area contributed by atoms with Crippen LogP contribution in [0.5, 0.6) is 0 Å². The Labute approximate surface area is 143 Å². The summed E-state index contributed by atoms with van der Waals surface area (Å²) in [4.78, 5) is 24.0. The van der Waals surface area contributed by atoms with Crippen molar-refractivity contribution >= 4 is 23.4 Å². The smallest absolute Gasteiger partial charge is 0.223 e. The Balaban J connectivity index is 1.63. The molecule has 2 rings (SSSR count). The zero-order valence-electron chi connectivity index (χ0n) is 13.8. The van der Waals surface area contributed by atoms with Crippen LogP contribution < -0.4 is 10.6 Å². The molecule has 0 heterocycles. The number of rotatable bonds is 8. The molecule has 1 saturated carbocycles. The van der Waals surface area contributed by atoms with Crippen LogP contribution in [0.1, 0.15) is 32.3 Å². The Morgan fingerprint density at radius 1 is 1.09 bits per heavy atom. The van der Waals surface area contributed by atoms with E-state index in [9.17, 15) is 9.59 Å². The Hall–Kier alpha value is -1.55. The first-order chi connectivity index (χ1) is 11.0. The van der Waals surface area contributed by atoms with E-state index in [0.717, 1.165) is 18.4 Å². The van der Waals surface area contributed by atoms with Gasteiger partial charge in [-0.3, -0.25) is 9.59 Å². The minimum Gasteiger partial charge on any atom is -0.356 e. The van der Waals surface area contributed by atoms with Gasteiger partial charge in [0.2, 0.25) is 11.8 Å². The summed E-state index contributed by atoms with van der Waals surface area (Å²) in [6.07, 6.45) is 2.40. The number of amides is 2. The first-order valence-corrected chi connectivity index (χ1v) is 8.65. The molecule has 126 valence electrons. The zero-order valence-corrected chi connectivity index (χ0v) is 14.5. The molecule has 2 atom stereocenters. The fourth-order valence-electron chi connectivity index (χ4n) is 2.50. The summed E-state index contributed by atoms with van der Waals surface area (Å²) in [7, 11) is 0. The Morgan fingerprint density at radius 2 is 1.65 bits per heavy atom. The van der Waals surface area contributed by atoms with Crippen LogP contribution in [0.15, 0.2) is 24.3 Å². The number of carbonyl (C=O) groups excluding carboxylic acids is 2. The number of halogens is 1. The second kappa shape index (κ2) is 8.34. The van der Waals surface area contributed by atoms with Gasteiger partial charge < -0.3 is 10.6 Å². The molecule has 0 radical (unpaired) electrons. The Bertz CT molecular complexity index is 542. The average Bonchev–Trinajstić information content (AvgIpc) is 3.29. The highest BCUT2D eigenvalue weighted by molar-refractivity contribution is 6.30. The highest BCUT2D eigenvalue weighted by Crippen LogP contribution is 2.38. The molecule has 23 heavy (non-hydrogen) atoms. The molecule has 1 aliphatic carbocycles. The lowest BCUT2D eigenvalue weighted by molar-refractivity contribution is -0.127. The largest absolute Gasteiger partial charge is 0.356 e. The van der Waals surface area contributed by atoms with Crippen molar-refractivity contribution in [3.63, 3.8) is 0 Å². The lowest BCUT2D eigenvalue weighted by atomic mass is 10.1. The van der Waals surface area contributed by atoms with Gasteiger partial charge in [-0.15, -0.1) is 0 Å². The first kappa shape index (κ1) is 17.8. The van der Waals surface area contributed by atoms with Gasteiger partial charge in [-0.1, -0.05) is 37.6 Å². The molecule has 2 N–H and O–H groups in total. The minimum atomic E-state index is -0.153. The Kier molecular flexibility index (Phi) is 6.46. The van der Waals surface area contributed by atoms with Crippen molar-refractivity contribution in [3.05, 3.63) is 34.9 Å². The summed E-state index contributed by atoms with van der Waals surface area (Å²) in [6.45, 7) is 5.52. The zero-order chi connectivity index (χ0) is 16.8. The van der Waals surface area contributed by atoms with Crippen molar-refractivity contribution in [2.45, 2.75) is 33.1 Å². The van der Waals surface area contributed by atoms with Gasteiger partial charge in [0.25, 0.3) is 0 Å². The van der Waals surface area contributed by atoms with Crippen LogP contribution in [0.4, 0.5) is 0 Å². The maximum Gasteiger partial charge on any atom is 0.223 e. The Morgan fingerprint density at radius 3 is 2.22 bits per heavy atom. The van der Waals surface area contributed by atoms with E-state index < -0.39 is 0 Å². The molecule has 4 nitrogen and oxygen atoms in total. The van der Waals surface area contributed by atoms with Gasteiger partial charge in [0.1, 0.15) is 0 Å². The maximum absolute atomic E-state index is 12.0. The van der Waals surface area contributed by atoms with E-state index >= 15 is 0 Å². The number of benzene rings is 1. The molecule has 2 amide bonds. The van der Waals surface area contributed by atoms with E-state index in [0.29, 0.717) is 30.5 Å². The summed E-state index contributed by atoms with van der Waals surface area (Å²) in [6, 6.07) is 7.60. The van der Waals surface area contributed by atoms with Gasteiger partial charge in [-0.2, -0.15) is 0 Å². The molecule has 1 aliphatic rings. The van der Waals surface area contributed by atoms with E-state index in [4.69, 9.17) is 11.6 Å². The standard InChI is InChI=1S/C18H25ClN2O2/c1-12(2)7-9-20-17(22)15-11-16(15)18(23)21-10-8-13-3-5-14(19)6-4-13/h3-6,12,15-16H,7-11H2,1-2H3,(H,20,22)(H,21,23). The SMILES string of the molecule is CC(C)CCNC(=O)C1CC1C(=O)NCCc1ccc(Cl)cc1. The van der Waals surface area contributed by atoms with Gasteiger partial charge >= 0.3 is 0 Å². The molecule has 1 aromatic rings. The van der Waals surface area contributed by atoms with Crippen LogP contribution in [-0.4, -0.2) is 24.9 Å². The van der Waals surface area contributed by atoms with Gasteiger partial charge in [0.15, 0.2) is 0 Å². The van der Waals surface area contributed by atoms with E-state index in [1.165, 1.54) is 0 Å². The number of nitrogens with one attached hydrogen (secondary N) is 2. The third-order valence-corrected chi connectivity index (χ3v) is 4.36. The summed E-state index contributed by atoms with van der Waals surface area (Å²) < 4.78 is 0. The summed E-state index contributed by atoms with van der Waals surface area (Å²) in [5.41, 5.74) is 1.13. The molecule has 1 aromatic carbocycles. The van der Waals surface area contributed by atoms with Gasteiger partial charge in [-0.25, -0.2) is 0 Å². The highest BCUT2D eigenvalue weighted by atomic mass is 35.5. The number of carbonyl (C=O) groups is 2. The topological polar surface area (TPSA) is 58.2 Å². The van der Waals surface area contributed by atoms with Gasteiger partial charge in [-0.05, 0) is 42.9 Å². The van der Waals surface area contributed by atoms with E-state index in [1.54, 1.807) is 0 Å². The molecular formula is C18H25ClN2O2. The van der Waals surface area contributed by atoms with Crippen LogP contribution in [0.25, 0.3) is 0 Å². The third-order valence-electron chi connectivity index (χ3n) is 4.11. The first-order valence-electron chi connectivity index (χ1n) is 8.27. The van der Waals surface area contributed by atoms with E-state index in [-0.39, 0.29) is 23.7 Å². The van der Waals surface area contributed by atoms with Crippen LogP contribution in [-0.2, 0) is 16.0 Å². The van der Waals surface area contributed by atoms with Crippen molar-refractivity contribution in [2.75, 3.05) is 13.1 Å². The average molecular weight is 337 g/mol. The van der Waals surface area contributed by atoms with Crippen molar-refractivity contribution < 1.29 is 9.59 Å². The fraction of sp³-hybridized carbons (Fsp3) is 0.556. The van der Waals surface area contributed by atoms with E-state index in [2.05, 4.69) is 24.5 Å². The van der Waals surface area contributed by atoms with Crippen molar-refractivity contribution in [1.29, 1.82) is 0 Å². The molecule has 2 unspecified atom stereocenters. The van der Waals surface area contributed by atoms with E-state index in [1.807, 2.05) is 24.3 Å². The molecule has 0 saturated heterocycles. The predicted molar refractivity (Wildman–Crippen MR) is 92.2 cm³/mol. The summed E-state index contributed by atoms with van der Waals surface area (Å²) in [5, 5.41) is 6.54. The quantitative estimate of drug-likeness (QED) is 0.767. The van der Waals surface area contributed by atoms with Crippen LogP contribution in [0, 0.1) is 17.8 Å².